The molecule has 1 atom stereocenters. The third kappa shape index (κ3) is 4.76. The number of nitrogens with one attached hydrogen (secondary N) is 1. The van der Waals surface area contributed by atoms with Crippen LogP contribution in [-0.2, 0) is 11.3 Å². The van der Waals surface area contributed by atoms with Crippen molar-refractivity contribution in [1.29, 1.82) is 0 Å². The first-order valence-corrected chi connectivity index (χ1v) is 10.5. The van der Waals surface area contributed by atoms with Crippen LogP contribution in [0.25, 0.3) is 0 Å². The van der Waals surface area contributed by atoms with Crippen molar-refractivity contribution < 1.29 is 14.2 Å². The number of anilines is 1. The Balaban J connectivity index is 1.49. The van der Waals surface area contributed by atoms with E-state index in [0.29, 0.717) is 19.2 Å². The van der Waals surface area contributed by atoms with Gasteiger partial charge in [-0.1, -0.05) is 6.07 Å². The van der Waals surface area contributed by atoms with Crippen molar-refractivity contribution in [3.63, 3.8) is 0 Å². The van der Waals surface area contributed by atoms with Crippen LogP contribution >= 0.6 is 0 Å². The molecule has 1 aromatic heterocycles. The lowest BCUT2D eigenvalue weighted by molar-refractivity contribution is 0.122. The Morgan fingerprint density at radius 2 is 2.00 bits per heavy atom. The number of hydrogen-bond acceptors (Lipinski definition) is 7. The van der Waals surface area contributed by atoms with Crippen LogP contribution in [0.3, 0.4) is 0 Å². The van der Waals surface area contributed by atoms with Gasteiger partial charge in [-0.3, -0.25) is 14.7 Å². The molecule has 1 N–H and O–H groups in total. The molecule has 8 heteroatoms. The third-order valence-electron chi connectivity index (χ3n) is 5.87. The van der Waals surface area contributed by atoms with Crippen molar-refractivity contribution in [3.8, 4) is 11.5 Å². The Morgan fingerprint density at radius 3 is 2.77 bits per heavy atom. The molecule has 0 saturated carbocycles. The average Bonchev–Trinajstić information content (AvgIpc) is 2.79. The summed E-state index contributed by atoms with van der Waals surface area (Å²) >= 11 is 0. The second-order valence-electron chi connectivity index (χ2n) is 7.85. The van der Waals surface area contributed by atoms with E-state index >= 15 is 0 Å². The second kappa shape index (κ2) is 9.49. The zero-order chi connectivity index (χ0) is 20.9. The van der Waals surface area contributed by atoms with Gasteiger partial charge < -0.3 is 19.1 Å². The van der Waals surface area contributed by atoms with Crippen molar-refractivity contribution in [2.75, 3.05) is 58.5 Å². The van der Waals surface area contributed by atoms with Gasteiger partial charge in [-0.2, -0.15) is 0 Å². The number of aromatic nitrogens is 2. The van der Waals surface area contributed by atoms with Gasteiger partial charge >= 0.3 is 0 Å². The Kier molecular flexibility index (Phi) is 6.54. The van der Waals surface area contributed by atoms with Crippen LogP contribution in [-0.4, -0.2) is 68.5 Å². The van der Waals surface area contributed by atoms with E-state index in [0.717, 1.165) is 68.3 Å². The number of morpholine rings is 1. The Morgan fingerprint density at radius 1 is 1.17 bits per heavy atom. The van der Waals surface area contributed by atoms with Gasteiger partial charge in [0.2, 0.25) is 5.95 Å². The van der Waals surface area contributed by atoms with Crippen LogP contribution in [0.2, 0.25) is 0 Å². The number of H-pyrrole nitrogens is 1. The van der Waals surface area contributed by atoms with Crippen LogP contribution in [0.4, 0.5) is 5.95 Å². The molecule has 8 nitrogen and oxygen atoms in total. The quantitative estimate of drug-likeness (QED) is 0.774. The van der Waals surface area contributed by atoms with E-state index < -0.39 is 0 Å². The van der Waals surface area contributed by atoms with E-state index in [1.807, 2.05) is 12.1 Å². The summed E-state index contributed by atoms with van der Waals surface area (Å²) < 4.78 is 16.3. The third-order valence-corrected chi connectivity index (χ3v) is 5.87. The van der Waals surface area contributed by atoms with Crippen molar-refractivity contribution in [3.05, 3.63) is 45.9 Å². The molecule has 0 radical (unpaired) electrons. The van der Waals surface area contributed by atoms with E-state index in [9.17, 15) is 4.79 Å². The first kappa shape index (κ1) is 20.7. The van der Waals surface area contributed by atoms with E-state index in [4.69, 9.17) is 19.2 Å². The number of methoxy groups -OCH3 is 2. The van der Waals surface area contributed by atoms with Gasteiger partial charge in [0.15, 0.2) is 0 Å². The Hall–Kier alpha value is -2.58. The minimum absolute atomic E-state index is 0.0876. The van der Waals surface area contributed by atoms with E-state index in [2.05, 4.69) is 20.9 Å². The molecule has 30 heavy (non-hydrogen) atoms. The van der Waals surface area contributed by atoms with Gasteiger partial charge in [0, 0.05) is 49.8 Å². The minimum atomic E-state index is -0.0876. The molecular formula is C22H30N4O4. The van der Waals surface area contributed by atoms with Crippen molar-refractivity contribution in [2.45, 2.75) is 25.3 Å². The highest BCUT2D eigenvalue weighted by molar-refractivity contribution is 5.40. The summed E-state index contributed by atoms with van der Waals surface area (Å²) in [7, 11) is 3.34. The molecular weight excluding hydrogens is 384 g/mol. The molecule has 3 heterocycles. The number of piperidine rings is 1. The highest BCUT2D eigenvalue weighted by Crippen LogP contribution is 2.30. The number of rotatable bonds is 6. The zero-order valence-corrected chi connectivity index (χ0v) is 17.7. The van der Waals surface area contributed by atoms with Crippen molar-refractivity contribution in [1.82, 2.24) is 14.9 Å². The summed E-state index contributed by atoms with van der Waals surface area (Å²) in [5.74, 6) is 2.52. The fourth-order valence-electron chi connectivity index (χ4n) is 4.26. The molecule has 2 aliphatic rings. The molecule has 1 aromatic carbocycles. The normalized spacial score (nSPS) is 20.2. The summed E-state index contributed by atoms with van der Waals surface area (Å²) in [5, 5.41) is 0. The summed E-state index contributed by atoms with van der Waals surface area (Å²) in [6.07, 6.45) is 2.11. The van der Waals surface area contributed by atoms with Gasteiger partial charge in [-0.15, -0.1) is 0 Å². The molecule has 0 spiro atoms. The number of aromatic amines is 1. The largest absolute Gasteiger partial charge is 0.497 e. The number of benzene rings is 1. The number of ether oxygens (including phenoxy) is 3. The summed E-state index contributed by atoms with van der Waals surface area (Å²) in [6, 6.07) is 7.60. The Bertz CT molecular complexity index is 910. The fourth-order valence-corrected chi connectivity index (χ4v) is 4.26. The maximum atomic E-state index is 12.3. The maximum Gasteiger partial charge on any atom is 0.252 e. The predicted molar refractivity (Wildman–Crippen MR) is 115 cm³/mol. The molecule has 1 unspecified atom stereocenters. The zero-order valence-electron chi connectivity index (χ0n) is 17.7. The molecule has 0 bridgehead atoms. The van der Waals surface area contributed by atoms with Crippen LogP contribution in [0, 0.1) is 0 Å². The maximum absolute atomic E-state index is 12.3. The lowest BCUT2D eigenvalue weighted by Crippen LogP contribution is -2.39. The van der Waals surface area contributed by atoms with Crippen molar-refractivity contribution >= 4 is 5.95 Å². The number of hydrogen-bond donors (Lipinski definition) is 1. The van der Waals surface area contributed by atoms with Gasteiger partial charge in [0.1, 0.15) is 11.5 Å². The number of nitrogens with zero attached hydrogens (tertiary/aromatic N) is 3. The van der Waals surface area contributed by atoms with Crippen LogP contribution in [0.1, 0.15) is 30.0 Å². The highest BCUT2D eigenvalue weighted by atomic mass is 16.5. The Labute approximate surface area is 176 Å². The molecule has 2 aliphatic heterocycles. The molecule has 0 aliphatic carbocycles. The smallest absolute Gasteiger partial charge is 0.252 e. The molecule has 2 aromatic rings. The van der Waals surface area contributed by atoms with E-state index in [-0.39, 0.29) is 11.5 Å². The first-order valence-electron chi connectivity index (χ1n) is 10.5. The molecule has 162 valence electrons. The van der Waals surface area contributed by atoms with Crippen LogP contribution in [0.5, 0.6) is 11.5 Å². The predicted octanol–water partition coefficient (Wildman–Crippen LogP) is 2.00. The molecule has 4 rings (SSSR count). The highest BCUT2D eigenvalue weighted by Gasteiger charge is 2.25. The monoisotopic (exact) mass is 414 g/mol. The van der Waals surface area contributed by atoms with Gasteiger partial charge in [0.05, 0.1) is 33.1 Å². The molecule has 2 fully saturated rings. The SMILES string of the molecule is COc1ccc(CN2CCCC(c3cc(=O)[nH]c(N4CCOCC4)n3)C2)c(OC)c1. The standard InChI is InChI=1S/C22H30N4O4/c1-28-18-6-5-17(20(12-18)29-2)15-25-7-3-4-16(14-25)19-13-21(27)24-22(23-19)26-8-10-30-11-9-26/h5-6,12-13,16H,3-4,7-11,14-15H2,1-2H3,(H,23,24,27). The van der Waals surface area contributed by atoms with E-state index in [1.54, 1.807) is 20.3 Å². The molecule has 0 amide bonds. The van der Waals surface area contributed by atoms with Gasteiger partial charge in [0.25, 0.3) is 5.56 Å². The van der Waals surface area contributed by atoms with Gasteiger partial charge in [-0.25, -0.2) is 4.98 Å². The van der Waals surface area contributed by atoms with E-state index in [1.165, 1.54) is 0 Å². The van der Waals surface area contributed by atoms with Gasteiger partial charge in [-0.05, 0) is 25.5 Å². The molecule has 2 saturated heterocycles. The number of likely N-dealkylation sites (tertiary alicyclic amines) is 1. The topological polar surface area (TPSA) is 79.9 Å². The first-order chi connectivity index (χ1) is 14.7. The summed E-state index contributed by atoms with van der Waals surface area (Å²) in [5.41, 5.74) is 1.92. The summed E-state index contributed by atoms with van der Waals surface area (Å²) in [4.78, 5) is 24.5. The second-order valence-corrected chi connectivity index (χ2v) is 7.85. The lowest BCUT2D eigenvalue weighted by atomic mass is 9.94. The van der Waals surface area contributed by atoms with Crippen LogP contribution in [0.15, 0.2) is 29.1 Å². The summed E-state index contributed by atoms with van der Waals surface area (Å²) in [6.45, 7) is 5.51. The van der Waals surface area contributed by atoms with Crippen molar-refractivity contribution in [2.24, 2.45) is 0 Å². The lowest BCUT2D eigenvalue weighted by Gasteiger charge is -2.33. The average molecular weight is 415 g/mol. The van der Waals surface area contributed by atoms with Crippen LogP contribution < -0.4 is 19.9 Å². The minimum Gasteiger partial charge on any atom is -0.497 e. The fraction of sp³-hybridized carbons (Fsp3) is 0.545.